The number of nitrogen functional groups attached to an aromatic ring is 1. The predicted octanol–water partition coefficient (Wildman–Crippen LogP) is 3.51. The van der Waals surface area contributed by atoms with E-state index < -0.39 is 0 Å². The highest BCUT2D eigenvalue weighted by molar-refractivity contribution is 6.30. The molecule has 21 heavy (non-hydrogen) atoms. The SMILES string of the molecule is Cc1cc(C)c(C(=O)NCCc2ccc(Cl)cc2)cc1N. The molecule has 4 heteroatoms. The molecule has 0 aliphatic carbocycles. The van der Waals surface area contributed by atoms with Crippen LogP contribution in [0.5, 0.6) is 0 Å². The van der Waals surface area contributed by atoms with E-state index in [9.17, 15) is 4.79 Å². The van der Waals surface area contributed by atoms with Crippen molar-refractivity contribution in [2.45, 2.75) is 20.3 Å². The first-order valence-electron chi connectivity index (χ1n) is 6.86. The summed E-state index contributed by atoms with van der Waals surface area (Å²) in [4.78, 5) is 12.2. The minimum Gasteiger partial charge on any atom is -0.398 e. The molecule has 0 unspecified atom stereocenters. The summed E-state index contributed by atoms with van der Waals surface area (Å²) in [7, 11) is 0. The molecule has 0 bridgehead atoms. The van der Waals surface area contributed by atoms with Crippen LogP contribution in [-0.2, 0) is 6.42 Å². The molecule has 0 aliphatic heterocycles. The predicted molar refractivity (Wildman–Crippen MR) is 87.8 cm³/mol. The van der Waals surface area contributed by atoms with Crippen LogP contribution >= 0.6 is 11.6 Å². The maximum Gasteiger partial charge on any atom is 0.251 e. The van der Waals surface area contributed by atoms with E-state index in [4.69, 9.17) is 17.3 Å². The van der Waals surface area contributed by atoms with Crippen LogP contribution in [0.3, 0.4) is 0 Å². The number of aryl methyl sites for hydroxylation is 2. The van der Waals surface area contributed by atoms with Crippen LogP contribution in [0.1, 0.15) is 27.0 Å². The first kappa shape index (κ1) is 15.4. The maximum absolute atomic E-state index is 12.2. The van der Waals surface area contributed by atoms with Crippen molar-refractivity contribution in [3.63, 3.8) is 0 Å². The van der Waals surface area contributed by atoms with E-state index in [1.165, 1.54) is 0 Å². The third kappa shape index (κ3) is 3.99. The second-order valence-electron chi connectivity index (χ2n) is 5.16. The van der Waals surface area contributed by atoms with E-state index >= 15 is 0 Å². The molecule has 2 aromatic rings. The molecule has 0 fully saturated rings. The maximum atomic E-state index is 12.2. The van der Waals surface area contributed by atoms with Gasteiger partial charge in [0.2, 0.25) is 0 Å². The van der Waals surface area contributed by atoms with Gasteiger partial charge in [-0.1, -0.05) is 29.8 Å². The molecule has 110 valence electrons. The molecule has 0 aliphatic rings. The molecule has 0 saturated heterocycles. The van der Waals surface area contributed by atoms with Gasteiger partial charge in [-0.05, 0) is 55.2 Å². The number of hydrogen-bond acceptors (Lipinski definition) is 2. The molecule has 1 amide bonds. The number of halogens is 1. The molecule has 0 saturated carbocycles. The van der Waals surface area contributed by atoms with Gasteiger partial charge in [-0.25, -0.2) is 0 Å². The van der Waals surface area contributed by atoms with Crippen LogP contribution in [0.2, 0.25) is 5.02 Å². The van der Waals surface area contributed by atoms with Gasteiger partial charge in [-0.15, -0.1) is 0 Å². The van der Waals surface area contributed by atoms with Gasteiger partial charge in [-0.2, -0.15) is 0 Å². The number of nitrogens with two attached hydrogens (primary N) is 1. The van der Waals surface area contributed by atoms with Crippen molar-refractivity contribution in [1.82, 2.24) is 5.32 Å². The highest BCUT2D eigenvalue weighted by Gasteiger charge is 2.10. The Hall–Kier alpha value is -2.00. The fraction of sp³-hybridized carbons (Fsp3) is 0.235. The lowest BCUT2D eigenvalue weighted by Gasteiger charge is -2.10. The van der Waals surface area contributed by atoms with Gasteiger partial charge < -0.3 is 11.1 Å². The number of carbonyl (C=O) groups excluding carboxylic acids is 1. The summed E-state index contributed by atoms with van der Waals surface area (Å²) in [6, 6.07) is 11.3. The molecular formula is C17H19ClN2O. The summed E-state index contributed by atoms with van der Waals surface area (Å²) in [6.45, 7) is 4.43. The third-order valence-electron chi connectivity index (χ3n) is 3.47. The van der Waals surface area contributed by atoms with Crippen LogP contribution in [0.4, 0.5) is 5.69 Å². The minimum atomic E-state index is -0.0897. The summed E-state index contributed by atoms with van der Waals surface area (Å²) in [6.07, 6.45) is 0.767. The molecule has 0 spiro atoms. The zero-order valence-electron chi connectivity index (χ0n) is 12.2. The lowest BCUT2D eigenvalue weighted by Crippen LogP contribution is -2.26. The Morgan fingerprint density at radius 2 is 1.81 bits per heavy atom. The standard InChI is InChI=1S/C17H19ClN2O/c1-11-9-12(2)16(19)10-15(11)17(21)20-8-7-13-3-5-14(18)6-4-13/h3-6,9-10H,7-8,19H2,1-2H3,(H,20,21). The smallest absolute Gasteiger partial charge is 0.251 e. The molecular weight excluding hydrogens is 284 g/mol. The summed E-state index contributed by atoms with van der Waals surface area (Å²) < 4.78 is 0. The lowest BCUT2D eigenvalue weighted by atomic mass is 10.0. The molecule has 2 rings (SSSR count). The van der Waals surface area contributed by atoms with Crippen molar-refractivity contribution < 1.29 is 4.79 Å². The van der Waals surface area contributed by atoms with E-state index in [0.29, 0.717) is 22.8 Å². The van der Waals surface area contributed by atoms with Crippen molar-refractivity contribution in [3.8, 4) is 0 Å². The van der Waals surface area contributed by atoms with Crippen LogP contribution in [-0.4, -0.2) is 12.5 Å². The van der Waals surface area contributed by atoms with Crippen LogP contribution < -0.4 is 11.1 Å². The molecule has 3 N–H and O–H groups in total. The number of carbonyl (C=O) groups is 1. The van der Waals surface area contributed by atoms with E-state index in [-0.39, 0.29) is 5.91 Å². The average molecular weight is 303 g/mol. The number of hydrogen-bond donors (Lipinski definition) is 2. The van der Waals surface area contributed by atoms with Crippen molar-refractivity contribution in [3.05, 3.63) is 63.7 Å². The Morgan fingerprint density at radius 3 is 2.48 bits per heavy atom. The first-order chi connectivity index (χ1) is 9.97. The quantitative estimate of drug-likeness (QED) is 0.849. The highest BCUT2D eigenvalue weighted by atomic mass is 35.5. The van der Waals surface area contributed by atoms with Crippen molar-refractivity contribution in [2.75, 3.05) is 12.3 Å². The van der Waals surface area contributed by atoms with E-state index in [0.717, 1.165) is 23.1 Å². The molecule has 3 nitrogen and oxygen atoms in total. The summed E-state index contributed by atoms with van der Waals surface area (Å²) in [5, 5.41) is 3.64. The molecule has 0 aromatic heterocycles. The van der Waals surface area contributed by atoms with Crippen molar-refractivity contribution in [2.24, 2.45) is 0 Å². The summed E-state index contributed by atoms with van der Waals surface area (Å²) in [5.41, 5.74) is 10.2. The van der Waals surface area contributed by atoms with Gasteiger partial charge in [-0.3, -0.25) is 4.79 Å². The minimum absolute atomic E-state index is 0.0897. The van der Waals surface area contributed by atoms with Crippen LogP contribution in [0.15, 0.2) is 36.4 Å². The average Bonchev–Trinajstić information content (AvgIpc) is 2.45. The third-order valence-corrected chi connectivity index (χ3v) is 3.72. The number of rotatable bonds is 4. The number of benzene rings is 2. The number of anilines is 1. The molecule has 2 aromatic carbocycles. The van der Waals surface area contributed by atoms with Crippen LogP contribution in [0.25, 0.3) is 0 Å². The highest BCUT2D eigenvalue weighted by Crippen LogP contribution is 2.17. The molecule has 0 heterocycles. The molecule has 0 atom stereocenters. The van der Waals surface area contributed by atoms with Crippen molar-refractivity contribution >= 4 is 23.2 Å². The molecule has 0 radical (unpaired) electrons. The normalized spacial score (nSPS) is 10.4. The van der Waals surface area contributed by atoms with E-state index in [1.807, 2.05) is 44.2 Å². The van der Waals surface area contributed by atoms with Gasteiger partial charge in [0.15, 0.2) is 0 Å². The Kier molecular flexibility index (Phi) is 4.86. The van der Waals surface area contributed by atoms with E-state index in [1.54, 1.807) is 6.07 Å². The number of nitrogens with one attached hydrogen (secondary N) is 1. The second-order valence-corrected chi connectivity index (χ2v) is 5.59. The summed E-state index contributed by atoms with van der Waals surface area (Å²) in [5.74, 6) is -0.0897. The first-order valence-corrected chi connectivity index (χ1v) is 7.24. The van der Waals surface area contributed by atoms with Gasteiger partial charge in [0.25, 0.3) is 5.91 Å². The van der Waals surface area contributed by atoms with Gasteiger partial charge in [0.05, 0.1) is 0 Å². The fourth-order valence-electron chi connectivity index (χ4n) is 2.18. The van der Waals surface area contributed by atoms with Gasteiger partial charge in [0.1, 0.15) is 0 Å². The Balaban J connectivity index is 1.96. The zero-order valence-corrected chi connectivity index (χ0v) is 13.0. The second kappa shape index (κ2) is 6.64. The van der Waals surface area contributed by atoms with Crippen LogP contribution in [0, 0.1) is 13.8 Å². The summed E-state index contributed by atoms with van der Waals surface area (Å²) >= 11 is 5.84. The lowest BCUT2D eigenvalue weighted by molar-refractivity contribution is 0.0953. The van der Waals surface area contributed by atoms with Gasteiger partial charge in [0, 0.05) is 22.8 Å². The zero-order chi connectivity index (χ0) is 15.4. The Bertz CT molecular complexity index is 651. The van der Waals surface area contributed by atoms with E-state index in [2.05, 4.69) is 5.32 Å². The monoisotopic (exact) mass is 302 g/mol. The Morgan fingerprint density at radius 1 is 1.14 bits per heavy atom. The largest absolute Gasteiger partial charge is 0.398 e. The van der Waals surface area contributed by atoms with Crippen molar-refractivity contribution in [1.29, 1.82) is 0 Å². The fourth-order valence-corrected chi connectivity index (χ4v) is 2.31. The topological polar surface area (TPSA) is 55.1 Å². The Labute approximate surface area is 130 Å². The number of amides is 1. The van der Waals surface area contributed by atoms with Gasteiger partial charge >= 0.3 is 0 Å².